The van der Waals surface area contributed by atoms with E-state index >= 15 is 0 Å². The van der Waals surface area contributed by atoms with Gasteiger partial charge in [0.1, 0.15) is 6.04 Å². The van der Waals surface area contributed by atoms with Crippen LogP contribution in [-0.4, -0.2) is 28.3 Å². The van der Waals surface area contributed by atoms with Crippen LogP contribution in [0, 0.1) is 0 Å². The second kappa shape index (κ2) is 5.63. The third-order valence-electron chi connectivity index (χ3n) is 1.25. The normalized spacial score (nSPS) is 13.2. The van der Waals surface area contributed by atoms with Gasteiger partial charge in [0.2, 0.25) is 0 Å². The van der Waals surface area contributed by atoms with E-state index in [1.165, 1.54) is 6.92 Å². The highest BCUT2D eigenvalue weighted by Crippen LogP contribution is 2.25. The molecule has 0 spiro atoms. The molecule has 0 radical (unpaired) electrons. The SMILES string of the molecule is CCOC(=O)C(C)NC(=O)C(Cl)(Cl)Cl. The Morgan fingerprint density at radius 1 is 1.43 bits per heavy atom. The van der Waals surface area contributed by atoms with Crippen LogP contribution >= 0.6 is 34.8 Å². The molecule has 0 aromatic carbocycles. The van der Waals surface area contributed by atoms with Gasteiger partial charge in [0.05, 0.1) is 6.61 Å². The predicted molar refractivity (Wildman–Crippen MR) is 54.5 cm³/mol. The second-order valence-corrected chi connectivity index (χ2v) is 4.73. The van der Waals surface area contributed by atoms with E-state index in [-0.39, 0.29) is 6.61 Å². The van der Waals surface area contributed by atoms with Crippen LogP contribution in [0.25, 0.3) is 0 Å². The Morgan fingerprint density at radius 2 is 1.93 bits per heavy atom. The smallest absolute Gasteiger partial charge is 0.328 e. The summed E-state index contributed by atoms with van der Waals surface area (Å²) in [5.41, 5.74) is 0. The zero-order chi connectivity index (χ0) is 11.4. The monoisotopic (exact) mass is 261 g/mol. The van der Waals surface area contributed by atoms with Crippen molar-refractivity contribution in [3.05, 3.63) is 0 Å². The van der Waals surface area contributed by atoms with Gasteiger partial charge in [-0.25, -0.2) is 4.79 Å². The molecule has 14 heavy (non-hydrogen) atoms. The van der Waals surface area contributed by atoms with Gasteiger partial charge < -0.3 is 10.1 Å². The molecular weight excluding hydrogens is 252 g/mol. The molecule has 82 valence electrons. The Labute approximate surface area is 96.8 Å². The number of halogens is 3. The van der Waals surface area contributed by atoms with Gasteiger partial charge in [0.15, 0.2) is 0 Å². The van der Waals surface area contributed by atoms with Gasteiger partial charge in [-0.3, -0.25) is 4.79 Å². The maximum Gasteiger partial charge on any atom is 0.328 e. The van der Waals surface area contributed by atoms with E-state index in [9.17, 15) is 9.59 Å². The zero-order valence-electron chi connectivity index (χ0n) is 7.64. The lowest BCUT2D eigenvalue weighted by Gasteiger charge is -2.15. The highest BCUT2D eigenvalue weighted by Gasteiger charge is 2.32. The van der Waals surface area contributed by atoms with Crippen molar-refractivity contribution in [2.24, 2.45) is 0 Å². The average molecular weight is 263 g/mol. The molecule has 0 aromatic rings. The Hall–Kier alpha value is -0.190. The topological polar surface area (TPSA) is 55.4 Å². The third kappa shape index (κ3) is 4.88. The fourth-order valence-corrected chi connectivity index (χ4v) is 0.768. The minimum atomic E-state index is -2.07. The molecule has 0 heterocycles. The van der Waals surface area contributed by atoms with Crippen molar-refractivity contribution in [3.8, 4) is 0 Å². The first-order valence-electron chi connectivity index (χ1n) is 3.83. The Morgan fingerprint density at radius 3 is 2.29 bits per heavy atom. The first-order valence-corrected chi connectivity index (χ1v) is 4.96. The first kappa shape index (κ1) is 13.8. The molecule has 1 unspecified atom stereocenters. The van der Waals surface area contributed by atoms with Gasteiger partial charge in [-0.2, -0.15) is 0 Å². The average Bonchev–Trinajstić information content (AvgIpc) is 2.02. The van der Waals surface area contributed by atoms with E-state index in [1.54, 1.807) is 6.92 Å². The van der Waals surface area contributed by atoms with Crippen molar-refractivity contribution in [1.82, 2.24) is 5.32 Å². The summed E-state index contributed by atoms with van der Waals surface area (Å²) in [6, 6.07) is -0.835. The molecule has 7 heteroatoms. The van der Waals surface area contributed by atoms with E-state index in [0.717, 1.165) is 0 Å². The van der Waals surface area contributed by atoms with Crippen LogP contribution in [-0.2, 0) is 14.3 Å². The molecule has 0 aliphatic carbocycles. The molecule has 0 saturated heterocycles. The maximum absolute atomic E-state index is 11.1. The van der Waals surface area contributed by atoms with Gasteiger partial charge in [-0.05, 0) is 13.8 Å². The molecule has 1 amide bonds. The molecule has 0 aromatic heterocycles. The lowest BCUT2D eigenvalue weighted by Crippen LogP contribution is -2.44. The quantitative estimate of drug-likeness (QED) is 0.618. The van der Waals surface area contributed by atoms with Crippen LogP contribution in [0.3, 0.4) is 0 Å². The Bertz CT molecular complexity index is 227. The van der Waals surface area contributed by atoms with Gasteiger partial charge in [-0.1, -0.05) is 34.8 Å². The van der Waals surface area contributed by atoms with E-state index < -0.39 is 21.7 Å². The summed E-state index contributed by atoms with van der Waals surface area (Å²) in [5, 5.41) is 2.20. The van der Waals surface area contributed by atoms with Crippen molar-refractivity contribution in [1.29, 1.82) is 0 Å². The number of amides is 1. The van der Waals surface area contributed by atoms with Crippen LogP contribution in [0.4, 0.5) is 0 Å². The molecule has 0 fully saturated rings. The van der Waals surface area contributed by atoms with Crippen molar-refractivity contribution >= 4 is 46.7 Å². The minimum Gasteiger partial charge on any atom is -0.464 e. The molecule has 0 aliphatic heterocycles. The van der Waals surface area contributed by atoms with Gasteiger partial charge in [0, 0.05) is 0 Å². The Kier molecular flexibility index (Phi) is 5.56. The summed E-state index contributed by atoms with van der Waals surface area (Å²) < 4.78 is 2.57. The third-order valence-corrected chi connectivity index (χ3v) is 1.76. The van der Waals surface area contributed by atoms with Gasteiger partial charge >= 0.3 is 5.97 Å². The van der Waals surface area contributed by atoms with Gasteiger partial charge in [0.25, 0.3) is 9.70 Å². The standard InChI is InChI=1S/C7H10Cl3NO3/c1-3-14-5(12)4(2)11-6(13)7(8,9)10/h4H,3H2,1-2H3,(H,11,13). The number of carbonyl (C=O) groups excluding carboxylic acids is 2. The summed E-state index contributed by atoms with van der Waals surface area (Å²) in [4.78, 5) is 22.1. The summed E-state index contributed by atoms with van der Waals surface area (Å²) in [7, 11) is 0. The molecule has 1 atom stereocenters. The number of nitrogens with one attached hydrogen (secondary N) is 1. The largest absolute Gasteiger partial charge is 0.464 e. The number of ether oxygens (including phenoxy) is 1. The molecular formula is C7H10Cl3NO3. The molecule has 4 nitrogen and oxygen atoms in total. The number of carbonyl (C=O) groups is 2. The number of hydrogen-bond donors (Lipinski definition) is 1. The number of hydrogen-bond acceptors (Lipinski definition) is 3. The van der Waals surface area contributed by atoms with Gasteiger partial charge in [-0.15, -0.1) is 0 Å². The fourth-order valence-electron chi connectivity index (χ4n) is 0.605. The highest BCUT2D eigenvalue weighted by molar-refractivity contribution is 6.76. The molecule has 0 bridgehead atoms. The second-order valence-electron chi connectivity index (χ2n) is 2.44. The fraction of sp³-hybridized carbons (Fsp3) is 0.714. The van der Waals surface area contributed by atoms with Crippen molar-refractivity contribution in [2.75, 3.05) is 6.61 Å². The first-order chi connectivity index (χ1) is 6.29. The van der Waals surface area contributed by atoms with Crippen LogP contribution in [0.5, 0.6) is 0 Å². The summed E-state index contributed by atoms with van der Waals surface area (Å²) in [6.45, 7) is 3.32. The predicted octanol–water partition coefficient (Wildman–Crippen LogP) is 1.42. The van der Waals surface area contributed by atoms with E-state index in [0.29, 0.717) is 0 Å². The summed E-state index contributed by atoms with van der Waals surface area (Å²) in [5.74, 6) is -1.43. The number of esters is 1. The van der Waals surface area contributed by atoms with Crippen molar-refractivity contribution in [3.63, 3.8) is 0 Å². The van der Waals surface area contributed by atoms with Crippen molar-refractivity contribution in [2.45, 2.75) is 23.7 Å². The minimum absolute atomic E-state index is 0.229. The van der Waals surface area contributed by atoms with E-state index in [4.69, 9.17) is 34.8 Å². The summed E-state index contributed by atoms with van der Waals surface area (Å²) in [6.07, 6.45) is 0. The van der Waals surface area contributed by atoms with Crippen LogP contribution < -0.4 is 5.32 Å². The van der Waals surface area contributed by atoms with Crippen LogP contribution in [0.1, 0.15) is 13.8 Å². The van der Waals surface area contributed by atoms with E-state index in [1.807, 2.05) is 0 Å². The number of alkyl halides is 3. The maximum atomic E-state index is 11.1. The summed E-state index contributed by atoms with van der Waals surface area (Å²) >= 11 is 15.8. The molecule has 0 rings (SSSR count). The molecule has 1 N–H and O–H groups in total. The molecule has 0 aliphatic rings. The lowest BCUT2D eigenvalue weighted by molar-refractivity contribution is -0.146. The highest BCUT2D eigenvalue weighted by atomic mass is 35.6. The lowest BCUT2D eigenvalue weighted by atomic mass is 10.3. The Balaban J connectivity index is 4.13. The van der Waals surface area contributed by atoms with Crippen LogP contribution in [0.2, 0.25) is 0 Å². The van der Waals surface area contributed by atoms with E-state index in [2.05, 4.69) is 10.1 Å². The number of rotatable bonds is 3. The van der Waals surface area contributed by atoms with Crippen LogP contribution in [0.15, 0.2) is 0 Å². The zero-order valence-corrected chi connectivity index (χ0v) is 9.91. The van der Waals surface area contributed by atoms with Crippen molar-refractivity contribution < 1.29 is 14.3 Å². The molecule has 0 saturated carbocycles.